The van der Waals surface area contributed by atoms with E-state index in [0.717, 1.165) is 19.4 Å². The van der Waals surface area contributed by atoms with E-state index >= 15 is 0 Å². The lowest BCUT2D eigenvalue weighted by molar-refractivity contribution is 0.531. The van der Waals surface area contributed by atoms with Crippen LogP contribution in [0.1, 0.15) is 44.3 Å². The van der Waals surface area contributed by atoms with Crippen LogP contribution >= 0.6 is 11.3 Å². The summed E-state index contributed by atoms with van der Waals surface area (Å²) in [5, 5.41) is 6.94. The zero-order valence-corrected chi connectivity index (χ0v) is 11.1. The summed E-state index contributed by atoms with van der Waals surface area (Å²) in [6, 6.07) is 0.627. The van der Waals surface area contributed by atoms with Gasteiger partial charge >= 0.3 is 0 Å². The first-order valence-electron chi connectivity index (χ1n) is 5.89. The number of thiazole rings is 1. The molecule has 2 rings (SSSR count). The SMILES string of the molecule is CC(C)(C)c1csc(CNC2CC=CC2)n1. The molecule has 1 aromatic heterocycles. The van der Waals surface area contributed by atoms with Crippen LogP contribution in [-0.2, 0) is 12.0 Å². The van der Waals surface area contributed by atoms with Gasteiger partial charge in [-0.2, -0.15) is 0 Å². The molecule has 1 heterocycles. The Hall–Kier alpha value is -0.670. The molecule has 0 bridgehead atoms. The second-order valence-electron chi connectivity index (χ2n) is 5.40. The Labute approximate surface area is 102 Å². The normalized spacial score (nSPS) is 17.2. The number of aromatic nitrogens is 1. The van der Waals surface area contributed by atoms with Gasteiger partial charge < -0.3 is 5.32 Å². The first-order valence-corrected chi connectivity index (χ1v) is 6.77. The standard InChI is InChI=1S/C13H20N2S/c1-13(2,3)11-9-16-12(15-11)8-14-10-6-4-5-7-10/h4-5,9-10,14H,6-8H2,1-3H3. The molecule has 0 saturated heterocycles. The van der Waals surface area contributed by atoms with Crippen LogP contribution in [-0.4, -0.2) is 11.0 Å². The summed E-state index contributed by atoms with van der Waals surface area (Å²) in [6.07, 6.45) is 6.83. The molecule has 0 atom stereocenters. The maximum atomic E-state index is 4.68. The average molecular weight is 236 g/mol. The third-order valence-electron chi connectivity index (χ3n) is 2.87. The van der Waals surface area contributed by atoms with E-state index in [1.54, 1.807) is 11.3 Å². The van der Waals surface area contributed by atoms with Crippen molar-refractivity contribution in [2.75, 3.05) is 0 Å². The fourth-order valence-corrected chi connectivity index (χ4v) is 2.72. The van der Waals surface area contributed by atoms with Crippen LogP contribution in [0.3, 0.4) is 0 Å². The molecular weight excluding hydrogens is 216 g/mol. The molecule has 0 aliphatic heterocycles. The van der Waals surface area contributed by atoms with E-state index in [2.05, 4.69) is 48.6 Å². The minimum absolute atomic E-state index is 0.170. The number of rotatable bonds is 3. The molecule has 0 fully saturated rings. The van der Waals surface area contributed by atoms with E-state index in [0.29, 0.717) is 6.04 Å². The van der Waals surface area contributed by atoms with Crippen LogP contribution < -0.4 is 5.32 Å². The van der Waals surface area contributed by atoms with Crippen LogP contribution in [0.15, 0.2) is 17.5 Å². The van der Waals surface area contributed by atoms with Gasteiger partial charge in [0.1, 0.15) is 5.01 Å². The van der Waals surface area contributed by atoms with Crippen molar-refractivity contribution in [2.45, 2.75) is 51.6 Å². The average Bonchev–Trinajstić information content (AvgIpc) is 2.85. The Kier molecular flexibility index (Phi) is 3.45. The minimum Gasteiger partial charge on any atom is -0.307 e. The molecule has 0 saturated carbocycles. The van der Waals surface area contributed by atoms with Crippen LogP contribution in [0.5, 0.6) is 0 Å². The lowest BCUT2D eigenvalue weighted by atomic mass is 9.93. The molecule has 1 aliphatic rings. The smallest absolute Gasteiger partial charge is 0.107 e. The number of hydrogen-bond acceptors (Lipinski definition) is 3. The molecule has 3 heteroatoms. The maximum Gasteiger partial charge on any atom is 0.107 e. The summed E-state index contributed by atoms with van der Waals surface area (Å²) < 4.78 is 0. The van der Waals surface area contributed by atoms with E-state index in [-0.39, 0.29) is 5.41 Å². The highest BCUT2D eigenvalue weighted by Gasteiger charge is 2.17. The number of hydrogen-bond donors (Lipinski definition) is 1. The lowest BCUT2D eigenvalue weighted by Crippen LogP contribution is -2.25. The molecule has 0 spiro atoms. The van der Waals surface area contributed by atoms with Crippen molar-refractivity contribution in [1.82, 2.24) is 10.3 Å². The highest BCUT2D eigenvalue weighted by Crippen LogP contribution is 2.24. The number of nitrogens with zero attached hydrogens (tertiary/aromatic N) is 1. The van der Waals surface area contributed by atoms with Gasteiger partial charge in [-0.3, -0.25) is 0 Å². The molecule has 2 nitrogen and oxygen atoms in total. The Morgan fingerprint density at radius 1 is 1.38 bits per heavy atom. The van der Waals surface area contributed by atoms with Crippen LogP contribution in [0.4, 0.5) is 0 Å². The zero-order valence-electron chi connectivity index (χ0n) is 10.3. The van der Waals surface area contributed by atoms with Crippen molar-refractivity contribution < 1.29 is 0 Å². The highest BCUT2D eigenvalue weighted by molar-refractivity contribution is 7.09. The summed E-state index contributed by atoms with van der Waals surface area (Å²) >= 11 is 1.77. The van der Waals surface area contributed by atoms with Gasteiger partial charge in [-0.05, 0) is 12.8 Å². The van der Waals surface area contributed by atoms with Crippen molar-refractivity contribution in [1.29, 1.82) is 0 Å². The van der Waals surface area contributed by atoms with Gasteiger partial charge in [0.05, 0.1) is 5.69 Å². The molecule has 0 amide bonds. The van der Waals surface area contributed by atoms with Crippen molar-refractivity contribution in [3.63, 3.8) is 0 Å². The van der Waals surface area contributed by atoms with E-state index in [9.17, 15) is 0 Å². The van der Waals surface area contributed by atoms with E-state index in [1.807, 2.05) is 0 Å². The largest absolute Gasteiger partial charge is 0.307 e. The van der Waals surface area contributed by atoms with Crippen LogP contribution in [0.2, 0.25) is 0 Å². The predicted molar refractivity (Wildman–Crippen MR) is 69.8 cm³/mol. The summed E-state index contributed by atoms with van der Waals surface area (Å²) in [4.78, 5) is 4.68. The van der Waals surface area contributed by atoms with E-state index < -0.39 is 0 Å². The predicted octanol–water partition coefficient (Wildman–Crippen LogP) is 3.25. The molecule has 0 aromatic carbocycles. The van der Waals surface area contributed by atoms with Gasteiger partial charge in [-0.25, -0.2) is 4.98 Å². The Bertz CT molecular complexity index is 366. The van der Waals surface area contributed by atoms with Crippen molar-refractivity contribution in [3.05, 3.63) is 28.2 Å². The van der Waals surface area contributed by atoms with E-state index in [4.69, 9.17) is 0 Å². The van der Waals surface area contributed by atoms with Gasteiger partial charge in [0.2, 0.25) is 0 Å². The van der Waals surface area contributed by atoms with Gasteiger partial charge in [0.15, 0.2) is 0 Å². The van der Waals surface area contributed by atoms with Gasteiger partial charge in [0, 0.05) is 23.4 Å². The lowest BCUT2D eigenvalue weighted by Gasteiger charge is -2.14. The Morgan fingerprint density at radius 3 is 2.62 bits per heavy atom. The molecule has 16 heavy (non-hydrogen) atoms. The van der Waals surface area contributed by atoms with Gasteiger partial charge in [0.25, 0.3) is 0 Å². The molecule has 1 N–H and O–H groups in total. The minimum atomic E-state index is 0.170. The van der Waals surface area contributed by atoms with Crippen LogP contribution in [0.25, 0.3) is 0 Å². The zero-order chi connectivity index (χ0) is 11.6. The second-order valence-corrected chi connectivity index (χ2v) is 6.34. The highest BCUT2D eigenvalue weighted by atomic mass is 32.1. The monoisotopic (exact) mass is 236 g/mol. The Morgan fingerprint density at radius 2 is 2.06 bits per heavy atom. The topological polar surface area (TPSA) is 24.9 Å². The third kappa shape index (κ3) is 2.92. The summed E-state index contributed by atoms with van der Waals surface area (Å²) in [5.74, 6) is 0. The first kappa shape index (κ1) is 11.8. The van der Waals surface area contributed by atoms with Gasteiger partial charge in [-0.1, -0.05) is 32.9 Å². The molecular formula is C13H20N2S. The van der Waals surface area contributed by atoms with Crippen molar-refractivity contribution in [2.24, 2.45) is 0 Å². The van der Waals surface area contributed by atoms with Crippen molar-refractivity contribution >= 4 is 11.3 Å². The molecule has 0 radical (unpaired) electrons. The Balaban J connectivity index is 1.88. The fraction of sp³-hybridized carbons (Fsp3) is 0.615. The third-order valence-corrected chi connectivity index (χ3v) is 3.72. The summed E-state index contributed by atoms with van der Waals surface area (Å²) in [7, 11) is 0. The second kappa shape index (κ2) is 4.68. The van der Waals surface area contributed by atoms with E-state index in [1.165, 1.54) is 10.7 Å². The summed E-state index contributed by atoms with van der Waals surface area (Å²) in [5.41, 5.74) is 1.38. The first-order chi connectivity index (χ1) is 7.55. The van der Waals surface area contributed by atoms with Crippen LogP contribution in [0, 0.1) is 0 Å². The molecule has 0 unspecified atom stereocenters. The maximum absolute atomic E-state index is 4.68. The van der Waals surface area contributed by atoms with Gasteiger partial charge in [-0.15, -0.1) is 11.3 Å². The molecule has 1 aliphatic carbocycles. The van der Waals surface area contributed by atoms with Crippen molar-refractivity contribution in [3.8, 4) is 0 Å². The number of nitrogens with one attached hydrogen (secondary N) is 1. The quantitative estimate of drug-likeness (QED) is 0.815. The fourth-order valence-electron chi connectivity index (χ4n) is 1.75. The summed E-state index contributed by atoms with van der Waals surface area (Å²) in [6.45, 7) is 7.54. The molecule has 88 valence electrons. The molecule has 1 aromatic rings.